The van der Waals surface area contributed by atoms with E-state index in [0.29, 0.717) is 0 Å². The maximum absolute atomic E-state index is 12.8. The molecule has 6 atom stereocenters. The van der Waals surface area contributed by atoms with Crippen molar-refractivity contribution in [3.63, 3.8) is 0 Å². The van der Waals surface area contributed by atoms with E-state index >= 15 is 0 Å². The third-order valence-electron chi connectivity index (χ3n) is 4.86. The Morgan fingerprint density at radius 1 is 0.838 bits per heavy atom. The monoisotopic (exact) mass is 533 g/mol. The van der Waals surface area contributed by atoms with E-state index in [4.69, 9.17) is 23.7 Å². The van der Waals surface area contributed by atoms with Gasteiger partial charge in [-0.3, -0.25) is 24.0 Å². The summed E-state index contributed by atoms with van der Waals surface area (Å²) < 4.78 is 26.8. The SMILES string of the molecule is CC(=O)N[C@@H]1[C@H]([C@H](OC(C)=O)[C@@H](COC(C)=O)OC(C)=O)O[C@@](C)(C(=O)OOC(C)=O)C[C@@H]1OC(C)=O. The zero-order valence-electron chi connectivity index (χ0n) is 21.5. The first-order valence-electron chi connectivity index (χ1n) is 11.0. The topological polar surface area (TPSA) is 196 Å². The second kappa shape index (κ2) is 13.5. The maximum atomic E-state index is 12.8. The first kappa shape index (κ1) is 31.3. The van der Waals surface area contributed by atoms with Crippen LogP contribution in [0.4, 0.5) is 0 Å². The molecular formula is C22H31NO14. The van der Waals surface area contributed by atoms with Crippen LogP contribution in [0.1, 0.15) is 54.9 Å². The highest BCUT2D eigenvalue weighted by molar-refractivity contribution is 5.80. The minimum Gasteiger partial charge on any atom is -0.462 e. The fourth-order valence-corrected chi connectivity index (χ4v) is 3.62. The van der Waals surface area contributed by atoms with Gasteiger partial charge in [-0.15, -0.1) is 0 Å². The van der Waals surface area contributed by atoms with Crippen molar-refractivity contribution in [3.8, 4) is 0 Å². The number of carbonyl (C=O) groups is 7. The summed E-state index contributed by atoms with van der Waals surface area (Å²) in [6.45, 7) is 6.96. The second-order valence-corrected chi connectivity index (χ2v) is 8.36. The van der Waals surface area contributed by atoms with Crippen LogP contribution in [0.2, 0.25) is 0 Å². The lowest BCUT2D eigenvalue weighted by atomic mass is 9.84. The van der Waals surface area contributed by atoms with Crippen LogP contribution in [0, 0.1) is 0 Å². The van der Waals surface area contributed by atoms with Crippen molar-refractivity contribution in [2.45, 2.75) is 90.9 Å². The lowest BCUT2D eigenvalue weighted by molar-refractivity contribution is -0.286. The molecule has 15 nitrogen and oxygen atoms in total. The van der Waals surface area contributed by atoms with Gasteiger partial charge in [0.05, 0.1) is 6.04 Å². The van der Waals surface area contributed by atoms with Gasteiger partial charge in [0.1, 0.15) is 18.8 Å². The molecule has 0 aromatic carbocycles. The molecule has 1 saturated heterocycles. The Morgan fingerprint density at radius 2 is 1.43 bits per heavy atom. The number of esters is 4. The van der Waals surface area contributed by atoms with Crippen molar-refractivity contribution in [1.82, 2.24) is 5.32 Å². The summed E-state index contributed by atoms with van der Waals surface area (Å²) in [7, 11) is 0. The van der Waals surface area contributed by atoms with E-state index in [1.54, 1.807) is 0 Å². The average molecular weight is 533 g/mol. The molecule has 0 saturated carbocycles. The van der Waals surface area contributed by atoms with Gasteiger partial charge >= 0.3 is 35.8 Å². The largest absolute Gasteiger partial charge is 0.462 e. The number of nitrogens with one attached hydrogen (secondary N) is 1. The van der Waals surface area contributed by atoms with Crippen LogP contribution >= 0.6 is 0 Å². The van der Waals surface area contributed by atoms with Crippen LogP contribution in [0.5, 0.6) is 0 Å². The predicted molar refractivity (Wildman–Crippen MR) is 117 cm³/mol. The van der Waals surface area contributed by atoms with Crippen LogP contribution in [0.25, 0.3) is 0 Å². The quantitative estimate of drug-likeness (QED) is 0.171. The first-order valence-corrected chi connectivity index (χ1v) is 11.0. The highest BCUT2D eigenvalue weighted by Crippen LogP contribution is 2.36. The Kier molecular flexibility index (Phi) is 11.4. The Bertz CT molecular complexity index is 917. The molecule has 1 amide bonds. The standard InChI is InChI=1S/C22H31NO14/c1-10(24)23-18-16(32-12(3)26)8-22(7,21(30)37-36-15(6)29)35-20(18)19(34-14(5)28)17(33-13(4)27)9-31-11(2)25/h16-20H,8-9H2,1-7H3,(H,23,24)/t16-,17+,18-,19+,20+,22+/m0/s1. The summed E-state index contributed by atoms with van der Waals surface area (Å²) in [5, 5.41) is 2.52. The van der Waals surface area contributed by atoms with Crippen molar-refractivity contribution in [1.29, 1.82) is 0 Å². The summed E-state index contributed by atoms with van der Waals surface area (Å²) in [4.78, 5) is 92.0. The van der Waals surface area contributed by atoms with Gasteiger partial charge in [0.2, 0.25) is 5.91 Å². The predicted octanol–water partition coefficient (Wildman–Crippen LogP) is -0.582. The van der Waals surface area contributed by atoms with E-state index in [1.807, 2.05) is 0 Å². The molecule has 0 spiro atoms. The molecule has 1 fully saturated rings. The zero-order valence-corrected chi connectivity index (χ0v) is 21.5. The van der Waals surface area contributed by atoms with E-state index in [0.717, 1.165) is 41.5 Å². The van der Waals surface area contributed by atoms with E-state index in [9.17, 15) is 33.6 Å². The molecule has 1 aliphatic heterocycles. The van der Waals surface area contributed by atoms with Crippen LogP contribution in [0.15, 0.2) is 0 Å². The number of hydrogen-bond acceptors (Lipinski definition) is 14. The summed E-state index contributed by atoms with van der Waals surface area (Å²) in [5.74, 6) is -6.09. The second-order valence-electron chi connectivity index (χ2n) is 8.36. The smallest absolute Gasteiger partial charge is 0.386 e. The van der Waals surface area contributed by atoms with Crippen molar-refractivity contribution >= 4 is 41.7 Å². The molecule has 1 heterocycles. The third-order valence-corrected chi connectivity index (χ3v) is 4.86. The summed E-state index contributed by atoms with van der Waals surface area (Å²) in [5.41, 5.74) is -2.00. The average Bonchev–Trinajstić information content (AvgIpc) is 2.74. The summed E-state index contributed by atoms with van der Waals surface area (Å²) in [6.07, 6.45) is -6.34. The van der Waals surface area contributed by atoms with E-state index in [1.165, 1.54) is 6.92 Å². The maximum Gasteiger partial charge on any atom is 0.386 e. The minimum absolute atomic E-state index is 0.400. The van der Waals surface area contributed by atoms with E-state index in [2.05, 4.69) is 15.1 Å². The molecule has 208 valence electrons. The zero-order chi connectivity index (χ0) is 28.5. The normalized spacial score (nSPS) is 24.4. The molecule has 0 bridgehead atoms. The van der Waals surface area contributed by atoms with Gasteiger partial charge in [-0.05, 0) is 6.92 Å². The fraction of sp³-hybridized carbons (Fsp3) is 0.682. The first-order chi connectivity index (χ1) is 17.1. The summed E-state index contributed by atoms with van der Waals surface area (Å²) >= 11 is 0. The molecule has 0 radical (unpaired) electrons. The molecule has 0 aromatic rings. The van der Waals surface area contributed by atoms with Crippen molar-refractivity contribution in [2.24, 2.45) is 0 Å². The number of amides is 1. The van der Waals surface area contributed by atoms with Crippen LogP contribution in [-0.2, 0) is 67.0 Å². The van der Waals surface area contributed by atoms with Gasteiger partial charge in [-0.1, -0.05) is 0 Å². The molecule has 1 aliphatic rings. The molecular weight excluding hydrogens is 502 g/mol. The molecule has 0 aromatic heterocycles. The van der Waals surface area contributed by atoms with Gasteiger partial charge in [-0.25, -0.2) is 19.4 Å². The molecule has 1 N–H and O–H groups in total. The number of hydrogen-bond donors (Lipinski definition) is 1. The Balaban J connectivity index is 3.66. The van der Waals surface area contributed by atoms with Crippen molar-refractivity contribution in [2.75, 3.05) is 6.61 Å². The minimum atomic E-state index is -2.00. The Labute approximate surface area is 212 Å². The van der Waals surface area contributed by atoms with E-state index < -0.39 is 90.8 Å². The molecule has 15 heteroatoms. The fourth-order valence-electron chi connectivity index (χ4n) is 3.62. The highest BCUT2D eigenvalue weighted by atomic mass is 17.2. The Hall–Kier alpha value is -3.75. The van der Waals surface area contributed by atoms with Gasteiger partial charge in [0, 0.05) is 48.0 Å². The van der Waals surface area contributed by atoms with Crippen LogP contribution < -0.4 is 5.32 Å². The lowest BCUT2D eigenvalue weighted by Crippen LogP contribution is -2.68. The van der Waals surface area contributed by atoms with Gasteiger partial charge in [0.15, 0.2) is 17.8 Å². The van der Waals surface area contributed by atoms with Crippen LogP contribution in [-0.4, -0.2) is 84.4 Å². The molecule has 1 rings (SSSR count). The molecule has 0 aliphatic carbocycles. The summed E-state index contributed by atoms with van der Waals surface area (Å²) in [6, 6.07) is -1.27. The number of ether oxygens (including phenoxy) is 5. The van der Waals surface area contributed by atoms with Crippen molar-refractivity contribution in [3.05, 3.63) is 0 Å². The van der Waals surface area contributed by atoms with Crippen molar-refractivity contribution < 1.29 is 67.0 Å². The lowest BCUT2D eigenvalue weighted by Gasteiger charge is -2.47. The van der Waals surface area contributed by atoms with E-state index in [-0.39, 0.29) is 0 Å². The Morgan fingerprint density at radius 3 is 1.89 bits per heavy atom. The number of carbonyl (C=O) groups excluding carboxylic acids is 7. The highest BCUT2D eigenvalue weighted by Gasteiger charge is 2.56. The van der Waals surface area contributed by atoms with Gasteiger partial charge in [-0.2, -0.15) is 0 Å². The van der Waals surface area contributed by atoms with Crippen LogP contribution in [0.3, 0.4) is 0 Å². The third kappa shape index (κ3) is 10.0. The van der Waals surface area contributed by atoms with Gasteiger partial charge in [0.25, 0.3) is 0 Å². The molecule has 0 unspecified atom stereocenters. The molecule has 37 heavy (non-hydrogen) atoms. The van der Waals surface area contributed by atoms with Gasteiger partial charge < -0.3 is 29.0 Å². The number of rotatable bonds is 9.